The Hall–Kier alpha value is -1.40. The molecule has 0 spiro atoms. The summed E-state index contributed by atoms with van der Waals surface area (Å²) in [6.45, 7) is 4.16. The molecule has 0 aliphatic heterocycles. The van der Waals surface area contributed by atoms with Crippen molar-refractivity contribution in [1.82, 2.24) is 10.2 Å². The molecule has 6 heteroatoms. The van der Waals surface area contributed by atoms with Gasteiger partial charge in [-0.3, -0.25) is 9.59 Å². The quantitative estimate of drug-likeness (QED) is 0.761. The van der Waals surface area contributed by atoms with Gasteiger partial charge < -0.3 is 15.3 Å². The minimum Gasteiger partial charge on any atom is -0.394 e. The Morgan fingerprint density at radius 3 is 2.75 bits per heavy atom. The molecule has 0 bridgehead atoms. The van der Waals surface area contributed by atoms with Gasteiger partial charge in [-0.25, -0.2) is 0 Å². The van der Waals surface area contributed by atoms with Crippen LogP contribution in [0.1, 0.15) is 32.3 Å². The number of hydrogen-bond acceptors (Lipinski definition) is 4. The Balaban J connectivity index is 2.65. The third kappa shape index (κ3) is 5.30. The fourth-order valence-corrected chi connectivity index (χ4v) is 2.60. The van der Waals surface area contributed by atoms with Crippen molar-refractivity contribution >= 4 is 23.2 Å². The molecule has 1 atom stereocenters. The van der Waals surface area contributed by atoms with Crippen LogP contribution in [0, 0.1) is 0 Å². The number of rotatable bonds is 8. The maximum absolute atomic E-state index is 12.3. The van der Waals surface area contributed by atoms with E-state index < -0.39 is 0 Å². The molecule has 0 aromatic carbocycles. The van der Waals surface area contributed by atoms with Gasteiger partial charge in [0, 0.05) is 26.4 Å². The van der Waals surface area contributed by atoms with Gasteiger partial charge in [-0.1, -0.05) is 6.92 Å². The number of hydrogen-bond donors (Lipinski definition) is 2. The summed E-state index contributed by atoms with van der Waals surface area (Å²) < 4.78 is 0. The minimum absolute atomic E-state index is 0.0491. The monoisotopic (exact) mass is 298 g/mol. The van der Waals surface area contributed by atoms with E-state index in [9.17, 15) is 14.7 Å². The largest absolute Gasteiger partial charge is 0.394 e. The molecule has 0 aliphatic carbocycles. The highest BCUT2D eigenvalue weighted by Gasteiger charge is 2.21. The van der Waals surface area contributed by atoms with Crippen LogP contribution >= 0.6 is 11.3 Å². The van der Waals surface area contributed by atoms with Crippen LogP contribution < -0.4 is 5.32 Å². The Kier molecular flexibility index (Phi) is 7.25. The zero-order chi connectivity index (χ0) is 15.0. The third-order valence-corrected chi connectivity index (χ3v) is 3.82. The summed E-state index contributed by atoms with van der Waals surface area (Å²) in [5.74, 6) is -0.192. The lowest BCUT2D eigenvalue weighted by atomic mass is 10.1. The minimum atomic E-state index is -0.181. The van der Waals surface area contributed by atoms with Crippen molar-refractivity contribution in [3.63, 3.8) is 0 Å². The first-order valence-corrected chi connectivity index (χ1v) is 7.68. The number of carbonyl (C=O) groups excluding carboxylic acids is 2. The predicted molar refractivity (Wildman–Crippen MR) is 79.3 cm³/mol. The van der Waals surface area contributed by atoms with Crippen LogP contribution in [-0.2, 0) is 16.1 Å². The predicted octanol–water partition coefficient (Wildman–Crippen LogP) is 1.37. The Bertz CT molecular complexity index is 416. The molecule has 1 rings (SSSR count). The highest BCUT2D eigenvalue weighted by Crippen LogP contribution is 2.14. The SMILES string of the molecule is CCC(CO)N(Cc1ccsc1)C(=O)CCNC(C)=O. The molecular weight excluding hydrogens is 276 g/mol. The van der Waals surface area contributed by atoms with Crippen molar-refractivity contribution in [3.8, 4) is 0 Å². The number of aliphatic hydroxyl groups is 1. The van der Waals surface area contributed by atoms with Crippen molar-refractivity contribution in [1.29, 1.82) is 0 Å². The van der Waals surface area contributed by atoms with Crippen molar-refractivity contribution in [2.24, 2.45) is 0 Å². The second kappa shape index (κ2) is 8.71. The van der Waals surface area contributed by atoms with Crippen LogP contribution in [0.3, 0.4) is 0 Å². The molecule has 1 heterocycles. The first kappa shape index (κ1) is 16.7. The average Bonchev–Trinajstić information content (AvgIpc) is 2.91. The Morgan fingerprint density at radius 2 is 2.25 bits per heavy atom. The molecule has 0 aliphatic rings. The van der Waals surface area contributed by atoms with E-state index in [4.69, 9.17) is 0 Å². The fourth-order valence-electron chi connectivity index (χ4n) is 1.94. The lowest BCUT2D eigenvalue weighted by Crippen LogP contribution is -2.42. The fraction of sp³-hybridized carbons (Fsp3) is 0.571. The molecule has 1 aromatic rings. The molecule has 0 radical (unpaired) electrons. The second-order valence-corrected chi connectivity index (χ2v) is 5.41. The number of nitrogens with one attached hydrogen (secondary N) is 1. The van der Waals surface area contributed by atoms with Gasteiger partial charge in [0.25, 0.3) is 0 Å². The van der Waals surface area contributed by atoms with Gasteiger partial charge in [0.15, 0.2) is 0 Å². The molecular formula is C14H22N2O3S. The van der Waals surface area contributed by atoms with Gasteiger partial charge in [0.2, 0.25) is 11.8 Å². The summed E-state index contributed by atoms with van der Waals surface area (Å²) >= 11 is 1.58. The Labute approximate surface area is 123 Å². The zero-order valence-electron chi connectivity index (χ0n) is 12.0. The van der Waals surface area contributed by atoms with Crippen molar-refractivity contribution in [2.45, 2.75) is 39.3 Å². The Morgan fingerprint density at radius 1 is 1.50 bits per heavy atom. The van der Waals surface area contributed by atoms with Gasteiger partial charge in [-0.2, -0.15) is 11.3 Å². The standard InChI is InChI=1S/C14H22N2O3S/c1-3-13(9-17)16(8-12-5-7-20-10-12)14(19)4-6-15-11(2)18/h5,7,10,13,17H,3-4,6,8-9H2,1-2H3,(H,15,18). The molecule has 20 heavy (non-hydrogen) atoms. The van der Waals surface area contributed by atoms with E-state index in [0.29, 0.717) is 19.5 Å². The van der Waals surface area contributed by atoms with Crippen LogP contribution in [0.25, 0.3) is 0 Å². The van der Waals surface area contributed by atoms with Crippen molar-refractivity contribution in [3.05, 3.63) is 22.4 Å². The van der Waals surface area contributed by atoms with Crippen molar-refractivity contribution in [2.75, 3.05) is 13.2 Å². The van der Waals surface area contributed by atoms with Gasteiger partial charge in [-0.15, -0.1) is 0 Å². The normalized spacial score (nSPS) is 11.9. The highest BCUT2D eigenvalue weighted by atomic mass is 32.1. The van der Waals surface area contributed by atoms with E-state index in [1.807, 2.05) is 23.8 Å². The summed E-state index contributed by atoms with van der Waals surface area (Å²) in [7, 11) is 0. The lowest BCUT2D eigenvalue weighted by molar-refractivity contribution is -0.135. The van der Waals surface area contributed by atoms with Crippen molar-refractivity contribution < 1.29 is 14.7 Å². The maximum Gasteiger partial charge on any atom is 0.224 e. The van der Waals surface area contributed by atoms with E-state index in [1.54, 1.807) is 16.2 Å². The van der Waals surface area contributed by atoms with Gasteiger partial charge in [-0.05, 0) is 28.8 Å². The van der Waals surface area contributed by atoms with Crippen LogP contribution in [0.5, 0.6) is 0 Å². The topological polar surface area (TPSA) is 69.6 Å². The molecule has 0 saturated carbocycles. The molecule has 0 fully saturated rings. The molecule has 2 amide bonds. The molecule has 112 valence electrons. The smallest absolute Gasteiger partial charge is 0.224 e. The molecule has 5 nitrogen and oxygen atoms in total. The summed E-state index contributed by atoms with van der Waals surface area (Å²) in [5, 5.41) is 16.0. The number of carbonyl (C=O) groups is 2. The summed E-state index contributed by atoms with van der Waals surface area (Å²) in [6.07, 6.45) is 0.951. The molecule has 1 unspecified atom stereocenters. The van der Waals surface area contributed by atoms with E-state index >= 15 is 0 Å². The van der Waals surface area contributed by atoms with Gasteiger partial charge in [0.05, 0.1) is 12.6 Å². The molecule has 1 aromatic heterocycles. The number of nitrogens with zero attached hydrogens (tertiary/aromatic N) is 1. The number of thiophene rings is 1. The average molecular weight is 298 g/mol. The van der Waals surface area contributed by atoms with Gasteiger partial charge >= 0.3 is 0 Å². The lowest BCUT2D eigenvalue weighted by Gasteiger charge is -2.30. The molecule has 0 saturated heterocycles. The zero-order valence-corrected chi connectivity index (χ0v) is 12.8. The van der Waals surface area contributed by atoms with E-state index in [1.165, 1.54) is 6.92 Å². The first-order valence-electron chi connectivity index (χ1n) is 6.74. The van der Waals surface area contributed by atoms with E-state index in [0.717, 1.165) is 5.56 Å². The summed E-state index contributed by atoms with van der Waals surface area (Å²) in [5.41, 5.74) is 1.06. The number of amides is 2. The highest BCUT2D eigenvalue weighted by molar-refractivity contribution is 7.07. The van der Waals surface area contributed by atoms with Gasteiger partial charge in [0.1, 0.15) is 0 Å². The summed E-state index contributed by atoms with van der Waals surface area (Å²) in [4.78, 5) is 24.8. The first-order chi connectivity index (χ1) is 9.58. The third-order valence-electron chi connectivity index (χ3n) is 3.09. The molecule has 2 N–H and O–H groups in total. The van der Waals surface area contributed by atoms with Crippen LogP contribution in [0.2, 0.25) is 0 Å². The van der Waals surface area contributed by atoms with E-state index in [-0.39, 0.29) is 30.9 Å². The van der Waals surface area contributed by atoms with E-state index in [2.05, 4.69) is 5.32 Å². The second-order valence-electron chi connectivity index (χ2n) is 4.63. The summed E-state index contributed by atoms with van der Waals surface area (Å²) in [6, 6.07) is 1.79. The van der Waals surface area contributed by atoms with Crippen LogP contribution in [-0.4, -0.2) is 41.0 Å². The van der Waals surface area contributed by atoms with Crippen LogP contribution in [0.15, 0.2) is 16.8 Å². The van der Waals surface area contributed by atoms with Crippen LogP contribution in [0.4, 0.5) is 0 Å². The number of aliphatic hydroxyl groups excluding tert-OH is 1. The maximum atomic E-state index is 12.3.